The van der Waals surface area contributed by atoms with Gasteiger partial charge in [-0.05, 0) is 30.4 Å². The monoisotopic (exact) mass is 476 g/mol. The molecule has 0 aliphatic rings. The van der Waals surface area contributed by atoms with Crippen molar-refractivity contribution in [2.24, 2.45) is 5.73 Å². The van der Waals surface area contributed by atoms with Crippen molar-refractivity contribution in [3.8, 4) is 5.88 Å². The van der Waals surface area contributed by atoms with Gasteiger partial charge in [0.05, 0.1) is 18.1 Å². The van der Waals surface area contributed by atoms with Crippen LogP contribution in [0.15, 0.2) is 29.4 Å². The summed E-state index contributed by atoms with van der Waals surface area (Å²) in [6.45, 7) is 1.74. The fourth-order valence-electron chi connectivity index (χ4n) is 3.34. The first-order valence-corrected chi connectivity index (χ1v) is 11.2. The number of amides is 1. The second kappa shape index (κ2) is 10.0. The van der Waals surface area contributed by atoms with E-state index in [0.29, 0.717) is 34.5 Å². The largest absolute Gasteiger partial charge is 0.466 e. The van der Waals surface area contributed by atoms with Crippen LogP contribution in [0.5, 0.6) is 5.88 Å². The van der Waals surface area contributed by atoms with E-state index in [1.54, 1.807) is 18.4 Å². The number of rotatable bonds is 9. The number of nitrogens with two attached hydrogens (primary N) is 1. The number of hydrogen-bond donors (Lipinski definition) is 1. The molecule has 2 heterocycles. The number of benzene rings is 1. The molecular weight excluding hydrogens is 456 g/mol. The first-order chi connectivity index (χ1) is 15.3. The van der Waals surface area contributed by atoms with Crippen LogP contribution in [0.1, 0.15) is 28.5 Å². The highest BCUT2D eigenvalue weighted by atomic mass is 35.5. The molecule has 0 saturated carbocycles. The van der Waals surface area contributed by atoms with Gasteiger partial charge in [0.1, 0.15) is 5.65 Å². The topological polar surface area (TPSA) is 126 Å². The number of aromatic nitrogens is 3. The van der Waals surface area contributed by atoms with Crippen LogP contribution in [0, 0.1) is 0 Å². The van der Waals surface area contributed by atoms with Gasteiger partial charge in [-0.3, -0.25) is 9.59 Å². The Morgan fingerprint density at radius 2 is 2.00 bits per heavy atom. The van der Waals surface area contributed by atoms with Gasteiger partial charge in [-0.1, -0.05) is 42.4 Å². The molecular formula is C21H21ClN4O5S. The van der Waals surface area contributed by atoms with E-state index in [1.807, 2.05) is 23.6 Å². The van der Waals surface area contributed by atoms with Crippen LogP contribution < -0.4 is 10.5 Å². The van der Waals surface area contributed by atoms with Crippen LogP contribution >= 0.6 is 23.4 Å². The predicted octanol–water partition coefficient (Wildman–Crippen LogP) is 2.64. The summed E-state index contributed by atoms with van der Waals surface area (Å²) in [5.41, 5.74) is 7.18. The number of primary amides is 1. The highest BCUT2D eigenvalue weighted by molar-refractivity contribution is 7.98. The number of thioether (sulfide) groups is 1. The lowest BCUT2D eigenvalue weighted by Gasteiger charge is -2.11. The summed E-state index contributed by atoms with van der Waals surface area (Å²) in [6, 6.07) is 7.26. The first-order valence-electron chi connectivity index (χ1n) is 9.55. The molecule has 1 amide bonds. The number of esters is 1. The summed E-state index contributed by atoms with van der Waals surface area (Å²) >= 11 is 7.40. The maximum absolute atomic E-state index is 12.8. The van der Waals surface area contributed by atoms with Crippen molar-refractivity contribution in [2.45, 2.75) is 25.0 Å². The smallest absolute Gasteiger partial charge is 0.343 e. The van der Waals surface area contributed by atoms with E-state index in [1.165, 1.54) is 18.9 Å². The molecule has 0 saturated heterocycles. The van der Waals surface area contributed by atoms with Crippen molar-refractivity contribution < 1.29 is 23.9 Å². The molecule has 0 spiro atoms. The molecule has 0 atom stereocenters. The highest BCUT2D eigenvalue weighted by Gasteiger charge is 2.30. The second-order valence-electron chi connectivity index (χ2n) is 6.66. The average molecular weight is 477 g/mol. The zero-order valence-corrected chi connectivity index (χ0v) is 19.2. The fourth-order valence-corrected chi connectivity index (χ4v) is 3.90. The predicted molar refractivity (Wildman–Crippen MR) is 120 cm³/mol. The van der Waals surface area contributed by atoms with E-state index in [0.717, 1.165) is 5.56 Å². The standard InChI is InChI=1S/C21H21ClN4O5S/c1-4-13-15(17(28)18(23)29)16-19(26(13)9-11-6-5-7-12(22)8-11)24-21(32-3)25-20(16)31-10-14(27)30-2/h5-8H,4,9-10H2,1-3H3,(H2,23,29). The van der Waals surface area contributed by atoms with Crippen molar-refractivity contribution in [1.29, 1.82) is 0 Å². The molecule has 3 rings (SSSR count). The minimum absolute atomic E-state index is 0.00565. The lowest BCUT2D eigenvalue weighted by Crippen LogP contribution is -2.24. The Labute approximate surface area is 193 Å². The van der Waals surface area contributed by atoms with E-state index in [-0.39, 0.29) is 16.8 Å². The Morgan fingerprint density at radius 3 is 2.59 bits per heavy atom. The summed E-state index contributed by atoms with van der Waals surface area (Å²) in [5, 5.41) is 1.14. The second-order valence-corrected chi connectivity index (χ2v) is 7.87. The van der Waals surface area contributed by atoms with Gasteiger partial charge in [-0.15, -0.1) is 0 Å². The summed E-state index contributed by atoms with van der Waals surface area (Å²) in [7, 11) is 1.23. The zero-order valence-electron chi connectivity index (χ0n) is 17.7. The van der Waals surface area contributed by atoms with Crippen LogP contribution in [0.4, 0.5) is 0 Å². The third-order valence-electron chi connectivity index (χ3n) is 4.71. The quantitative estimate of drug-likeness (QED) is 0.164. The summed E-state index contributed by atoms with van der Waals surface area (Å²) in [6.07, 6.45) is 2.18. The SMILES string of the molecule is CCc1c(C(=O)C(N)=O)c2c(OCC(=O)OC)nc(SC)nc2n1Cc1cccc(Cl)c1. The molecule has 1 aromatic carbocycles. The van der Waals surface area contributed by atoms with Crippen LogP contribution in [0.3, 0.4) is 0 Å². The number of carbonyl (C=O) groups is 3. The first kappa shape index (κ1) is 23.6. The molecule has 2 N–H and O–H groups in total. The lowest BCUT2D eigenvalue weighted by atomic mass is 10.1. The lowest BCUT2D eigenvalue weighted by molar-refractivity contribution is -0.143. The summed E-state index contributed by atoms with van der Waals surface area (Å²) in [4.78, 5) is 45.2. The Kier molecular flexibility index (Phi) is 7.37. The van der Waals surface area contributed by atoms with Crippen LogP contribution in [0.2, 0.25) is 5.02 Å². The molecule has 0 aliphatic carbocycles. The van der Waals surface area contributed by atoms with E-state index in [2.05, 4.69) is 14.7 Å². The molecule has 3 aromatic rings. The Hall–Kier alpha value is -3.11. The molecule has 9 nitrogen and oxygen atoms in total. The van der Waals surface area contributed by atoms with Crippen molar-refractivity contribution in [2.75, 3.05) is 20.0 Å². The van der Waals surface area contributed by atoms with Crippen molar-refractivity contribution in [3.63, 3.8) is 0 Å². The van der Waals surface area contributed by atoms with Gasteiger partial charge in [0, 0.05) is 17.3 Å². The number of Topliss-reactive ketones (excluding diaryl/α,β-unsaturated/α-hetero) is 1. The molecule has 0 aliphatic heterocycles. The van der Waals surface area contributed by atoms with E-state index >= 15 is 0 Å². The number of halogens is 1. The molecule has 0 unspecified atom stereocenters. The van der Waals surface area contributed by atoms with Crippen molar-refractivity contribution in [1.82, 2.24) is 14.5 Å². The minimum atomic E-state index is -1.12. The highest BCUT2D eigenvalue weighted by Crippen LogP contribution is 2.34. The van der Waals surface area contributed by atoms with Crippen LogP contribution in [0.25, 0.3) is 11.0 Å². The van der Waals surface area contributed by atoms with Crippen molar-refractivity contribution >= 4 is 52.1 Å². The van der Waals surface area contributed by atoms with Gasteiger partial charge in [-0.2, -0.15) is 4.98 Å². The number of carbonyl (C=O) groups excluding carboxylic acids is 3. The van der Waals surface area contributed by atoms with Crippen LogP contribution in [-0.2, 0) is 27.3 Å². The minimum Gasteiger partial charge on any atom is -0.466 e. The number of ether oxygens (including phenoxy) is 2. The molecule has 32 heavy (non-hydrogen) atoms. The number of fused-ring (bicyclic) bond motifs is 1. The van der Waals surface area contributed by atoms with E-state index in [4.69, 9.17) is 22.1 Å². The third kappa shape index (κ3) is 4.71. The normalized spacial score (nSPS) is 10.9. The number of methoxy groups -OCH3 is 1. The summed E-state index contributed by atoms with van der Waals surface area (Å²) < 4.78 is 12.0. The molecule has 0 fully saturated rings. The molecule has 168 valence electrons. The average Bonchev–Trinajstić information content (AvgIpc) is 3.09. The van der Waals surface area contributed by atoms with Gasteiger partial charge in [0.2, 0.25) is 5.88 Å². The van der Waals surface area contributed by atoms with E-state index < -0.39 is 24.3 Å². The number of nitrogens with zero attached hydrogens (tertiary/aromatic N) is 3. The maximum Gasteiger partial charge on any atom is 0.343 e. The molecule has 0 radical (unpaired) electrons. The summed E-state index contributed by atoms with van der Waals surface area (Å²) in [5.74, 6) is -2.64. The van der Waals surface area contributed by atoms with Crippen LogP contribution in [-0.4, -0.2) is 52.2 Å². The van der Waals surface area contributed by atoms with Gasteiger partial charge >= 0.3 is 5.97 Å². The van der Waals surface area contributed by atoms with E-state index in [9.17, 15) is 14.4 Å². The maximum atomic E-state index is 12.8. The fraction of sp³-hybridized carbons (Fsp3) is 0.286. The van der Waals surface area contributed by atoms with Gasteiger partial charge in [0.15, 0.2) is 11.8 Å². The third-order valence-corrected chi connectivity index (χ3v) is 5.49. The van der Waals surface area contributed by atoms with Crippen molar-refractivity contribution in [3.05, 3.63) is 46.1 Å². The number of ketones is 1. The Morgan fingerprint density at radius 1 is 1.25 bits per heavy atom. The molecule has 0 bridgehead atoms. The van der Waals surface area contributed by atoms with Gasteiger partial charge < -0.3 is 19.8 Å². The van der Waals surface area contributed by atoms with Gasteiger partial charge in [0.25, 0.3) is 11.7 Å². The number of hydrogen-bond acceptors (Lipinski definition) is 8. The zero-order chi connectivity index (χ0) is 23.4. The Bertz CT molecular complexity index is 1210. The Balaban J connectivity index is 2.32. The molecule has 11 heteroatoms. The molecule has 2 aromatic heterocycles. The van der Waals surface area contributed by atoms with Gasteiger partial charge in [-0.25, -0.2) is 9.78 Å².